The summed E-state index contributed by atoms with van der Waals surface area (Å²) in [6, 6.07) is 0. The first kappa shape index (κ1) is 12.7. The van der Waals surface area contributed by atoms with E-state index in [4.69, 9.17) is 9.84 Å². The molecule has 1 aromatic heterocycles. The third-order valence-electron chi connectivity index (χ3n) is 2.30. The van der Waals surface area contributed by atoms with Gasteiger partial charge in [-0.15, -0.1) is 0 Å². The maximum Gasteiger partial charge on any atom is 0.102 e. The van der Waals surface area contributed by atoms with Gasteiger partial charge in [0.25, 0.3) is 0 Å². The molecule has 0 radical (unpaired) electrons. The lowest BCUT2D eigenvalue weighted by atomic mass is 10.4. The number of aliphatic hydroxyl groups excluding tert-OH is 1. The molecular weight excluding hydrogens is 260 g/mol. The van der Waals surface area contributed by atoms with Crippen molar-refractivity contribution in [1.29, 1.82) is 0 Å². The molecule has 4 nitrogen and oxygen atoms in total. The molecule has 5 heteroatoms. The Morgan fingerprint density at radius 3 is 2.27 bits per heavy atom. The second-order valence-electron chi connectivity index (χ2n) is 3.45. The van der Waals surface area contributed by atoms with Crippen LogP contribution in [0.15, 0.2) is 4.47 Å². The lowest BCUT2D eigenvalue weighted by Crippen LogP contribution is -1.93. The van der Waals surface area contributed by atoms with Gasteiger partial charge in [-0.05, 0) is 35.7 Å². The van der Waals surface area contributed by atoms with Crippen molar-refractivity contribution in [3.8, 4) is 0 Å². The summed E-state index contributed by atoms with van der Waals surface area (Å²) >= 11 is 3.32. The van der Waals surface area contributed by atoms with Gasteiger partial charge in [0.1, 0.15) is 5.69 Å². The van der Waals surface area contributed by atoms with Crippen molar-refractivity contribution >= 4 is 15.9 Å². The van der Waals surface area contributed by atoms with Crippen molar-refractivity contribution < 1.29 is 9.84 Å². The molecule has 86 valence electrons. The second kappa shape index (κ2) is 6.25. The molecule has 1 fully saturated rings. The van der Waals surface area contributed by atoms with E-state index < -0.39 is 0 Å². The fraction of sp³-hybridized carbons (Fsp3) is 0.700. The smallest absolute Gasteiger partial charge is 0.102 e. The SMILES string of the molecule is C1CCOC1.Cc1c(Br)c(CO)nn1C. The zero-order valence-electron chi connectivity index (χ0n) is 9.16. The van der Waals surface area contributed by atoms with E-state index in [9.17, 15) is 0 Å². The second-order valence-corrected chi connectivity index (χ2v) is 4.24. The number of rotatable bonds is 1. The number of aromatic nitrogens is 2. The predicted octanol–water partition coefficient (Wildman–Crippen LogP) is 1.78. The summed E-state index contributed by atoms with van der Waals surface area (Å²) in [6.07, 6.45) is 2.56. The van der Waals surface area contributed by atoms with E-state index in [-0.39, 0.29) is 6.61 Å². The minimum atomic E-state index is -0.0116. The molecule has 0 aliphatic carbocycles. The van der Waals surface area contributed by atoms with E-state index in [2.05, 4.69) is 21.0 Å². The third-order valence-corrected chi connectivity index (χ3v) is 3.34. The zero-order valence-corrected chi connectivity index (χ0v) is 10.7. The van der Waals surface area contributed by atoms with Crippen molar-refractivity contribution in [3.63, 3.8) is 0 Å². The van der Waals surface area contributed by atoms with Crippen LogP contribution in [0.5, 0.6) is 0 Å². The van der Waals surface area contributed by atoms with E-state index in [0.717, 1.165) is 23.4 Å². The summed E-state index contributed by atoms with van der Waals surface area (Å²) in [4.78, 5) is 0. The van der Waals surface area contributed by atoms with Gasteiger partial charge in [-0.2, -0.15) is 5.10 Å². The Morgan fingerprint density at radius 1 is 1.47 bits per heavy atom. The number of hydrogen-bond donors (Lipinski definition) is 1. The topological polar surface area (TPSA) is 47.3 Å². The molecule has 2 heterocycles. The van der Waals surface area contributed by atoms with Crippen molar-refractivity contribution in [3.05, 3.63) is 15.9 Å². The van der Waals surface area contributed by atoms with Gasteiger partial charge in [0, 0.05) is 26.0 Å². The zero-order chi connectivity index (χ0) is 11.3. The predicted molar refractivity (Wildman–Crippen MR) is 61.6 cm³/mol. The van der Waals surface area contributed by atoms with Crippen molar-refractivity contribution in [2.24, 2.45) is 7.05 Å². The Morgan fingerprint density at radius 2 is 2.07 bits per heavy atom. The summed E-state index contributed by atoms with van der Waals surface area (Å²) in [7, 11) is 1.85. The number of aliphatic hydroxyl groups is 1. The lowest BCUT2D eigenvalue weighted by molar-refractivity contribution is 0.198. The molecule has 0 unspecified atom stereocenters. The highest BCUT2D eigenvalue weighted by atomic mass is 79.9. The van der Waals surface area contributed by atoms with Crippen LogP contribution in [0.2, 0.25) is 0 Å². The molecule has 0 spiro atoms. The molecule has 0 bridgehead atoms. The van der Waals surface area contributed by atoms with E-state index in [1.54, 1.807) is 4.68 Å². The average Bonchev–Trinajstić information content (AvgIpc) is 2.87. The van der Waals surface area contributed by atoms with Crippen LogP contribution in [0.4, 0.5) is 0 Å². The minimum Gasteiger partial charge on any atom is -0.390 e. The Hall–Kier alpha value is -0.390. The van der Waals surface area contributed by atoms with E-state index in [1.165, 1.54) is 12.8 Å². The first-order valence-corrected chi connectivity index (χ1v) is 5.82. The minimum absolute atomic E-state index is 0.0116. The third kappa shape index (κ3) is 3.59. The Labute approximate surface area is 98.4 Å². The monoisotopic (exact) mass is 276 g/mol. The maximum atomic E-state index is 8.75. The molecular formula is C10H17BrN2O2. The highest BCUT2D eigenvalue weighted by Gasteiger charge is 2.07. The quantitative estimate of drug-likeness (QED) is 0.851. The van der Waals surface area contributed by atoms with Crippen LogP contribution in [0, 0.1) is 6.92 Å². The highest BCUT2D eigenvalue weighted by molar-refractivity contribution is 9.10. The van der Waals surface area contributed by atoms with Gasteiger partial charge in [-0.1, -0.05) is 0 Å². The van der Waals surface area contributed by atoms with Gasteiger partial charge < -0.3 is 9.84 Å². The van der Waals surface area contributed by atoms with E-state index >= 15 is 0 Å². The van der Waals surface area contributed by atoms with Crippen molar-refractivity contribution in [1.82, 2.24) is 9.78 Å². The summed E-state index contributed by atoms with van der Waals surface area (Å²) < 4.78 is 7.58. The van der Waals surface area contributed by atoms with Crippen LogP contribution in [-0.2, 0) is 18.4 Å². The van der Waals surface area contributed by atoms with Crippen molar-refractivity contribution in [2.75, 3.05) is 13.2 Å². The standard InChI is InChI=1S/C6H9BrN2O.C4H8O/c1-4-6(7)5(3-10)8-9(4)2;1-2-4-5-3-1/h10H,3H2,1-2H3;1-4H2. The molecule has 1 aromatic rings. The molecule has 0 saturated carbocycles. The van der Waals surface area contributed by atoms with Crippen LogP contribution in [0.25, 0.3) is 0 Å². The Kier molecular flexibility index (Phi) is 5.28. The first-order chi connectivity index (χ1) is 7.16. The van der Waals surface area contributed by atoms with Gasteiger partial charge in [-0.25, -0.2) is 0 Å². The van der Waals surface area contributed by atoms with Gasteiger partial charge in [0.05, 0.1) is 11.1 Å². The van der Waals surface area contributed by atoms with Gasteiger partial charge in [0.2, 0.25) is 0 Å². The average molecular weight is 277 g/mol. The summed E-state index contributed by atoms with van der Waals surface area (Å²) in [5, 5.41) is 12.8. The summed E-state index contributed by atoms with van der Waals surface area (Å²) in [5.74, 6) is 0. The van der Waals surface area contributed by atoms with Gasteiger partial charge in [-0.3, -0.25) is 4.68 Å². The summed E-state index contributed by atoms with van der Waals surface area (Å²) in [5.41, 5.74) is 1.73. The fourth-order valence-corrected chi connectivity index (χ4v) is 1.72. The summed E-state index contributed by atoms with van der Waals surface area (Å²) in [6.45, 7) is 3.93. The molecule has 1 aliphatic heterocycles. The number of ether oxygens (including phenoxy) is 1. The number of halogens is 1. The molecule has 15 heavy (non-hydrogen) atoms. The fourth-order valence-electron chi connectivity index (χ4n) is 1.26. The van der Waals surface area contributed by atoms with Crippen LogP contribution in [-0.4, -0.2) is 28.1 Å². The molecule has 1 N–H and O–H groups in total. The Balaban J connectivity index is 0.000000187. The van der Waals surface area contributed by atoms with E-state index in [0.29, 0.717) is 5.69 Å². The van der Waals surface area contributed by atoms with E-state index in [1.807, 2.05) is 14.0 Å². The number of nitrogens with zero attached hydrogens (tertiary/aromatic N) is 2. The highest BCUT2D eigenvalue weighted by Crippen LogP contribution is 2.19. The van der Waals surface area contributed by atoms with Crippen molar-refractivity contribution in [2.45, 2.75) is 26.4 Å². The van der Waals surface area contributed by atoms with Gasteiger partial charge in [0.15, 0.2) is 0 Å². The number of hydrogen-bond acceptors (Lipinski definition) is 3. The van der Waals surface area contributed by atoms with Gasteiger partial charge >= 0.3 is 0 Å². The molecule has 1 saturated heterocycles. The Bertz CT molecular complexity index is 301. The molecule has 0 aromatic carbocycles. The molecule has 0 atom stereocenters. The first-order valence-electron chi connectivity index (χ1n) is 5.03. The molecule has 2 rings (SSSR count). The molecule has 0 amide bonds. The lowest BCUT2D eigenvalue weighted by Gasteiger charge is -1.89. The number of aryl methyl sites for hydroxylation is 1. The van der Waals surface area contributed by atoms with Crippen LogP contribution >= 0.6 is 15.9 Å². The van der Waals surface area contributed by atoms with Crippen LogP contribution in [0.3, 0.4) is 0 Å². The normalized spacial score (nSPS) is 14.9. The van der Waals surface area contributed by atoms with Crippen LogP contribution in [0.1, 0.15) is 24.2 Å². The van der Waals surface area contributed by atoms with Crippen LogP contribution < -0.4 is 0 Å². The maximum absolute atomic E-state index is 8.75. The molecule has 1 aliphatic rings. The largest absolute Gasteiger partial charge is 0.390 e.